The Kier molecular flexibility index (Phi) is 4.64. The van der Waals surface area contributed by atoms with Crippen molar-refractivity contribution in [2.75, 3.05) is 6.54 Å². The molecule has 1 amide bonds. The van der Waals surface area contributed by atoms with Gasteiger partial charge in [0.1, 0.15) is 0 Å². The van der Waals surface area contributed by atoms with Gasteiger partial charge in [0.2, 0.25) is 15.9 Å². The molecule has 2 rings (SSSR count). The smallest absolute Gasteiger partial charge is 0.238 e. The number of carbonyl (C=O) groups is 1. The van der Waals surface area contributed by atoms with E-state index in [2.05, 4.69) is 10.6 Å². The fourth-order valence-corrected chi connectivity index (χ4v) is 2.78. The number of sulfonamides is 1. The number of primary sulfonamides is 1. The van der Waals surface area contributed by atoms with E-state index >= 15 is 0 Å². The van der Waals surface area contributed by atoms with Crippen LogP contribution in [0.4, 0.5) is 0 Å². The van der Waals surface area contributed by atoms with E-state index < -0.39 is 10.0 Å². The molecular weight excluding hydrogens is 302 g/mol. The lowest BCUT2D eigenvalue weighted by Gasteiger charge is -2.11. The number of nitrogens with two attached hydrogens (primary N) is 1. The number of nitrogens with one attached hydrogen (secondary N) is 2. The summed E-state index contributed by atoms with van der Waals surface area (Å²) in [5.41, 5.74) is 0.797. The molecule has 0 aliphatic carbocycles. The normalized spacial score (nSPS) is 22.7. The van der Waals surface area contributed by atoms with Gasteiger partial charge in [-0.3, -0.25) is 4.79 Å². The van der Waals surface area contributed by atoms with Crippen molar-refractivity contribution in [3.05, 3.63) is 29.8 Å². The Balaban J connectivity index is 1.90. The molecule has 1 saturated heterocycles. The molecule has 0 radical (unpaired) electrons. The van der Waals surface area contributed by atoms with Crippen molar-refractivity contribution in [1.29, 1.82) is 0 Å². The lowest BCUT2D eigenvalue weighted by Crippen LogP contribution is -2.39. The van der Waals surface area contributed by atoms with Crippen LogP contribution in [-0.4, -0.2) is 32.3 Å². The minimum absolute atomic E-state index is 0.0141. The number of benzene rings is 1. The van der Waals surface area contributed by atoms with Gasteiger partial charge < -0.3 is 10.6 Å². The summed E-state index contributed by atoms with van der Waals surface area (Å²) in [6.07, 6.45) is 0.609. The maximum Gasteiger partial charge on any atom is 0.238 e. The monoisotopic (exact) mass is 317 g/mol. The van der Waals surface area contributed by atoms with Gasteiger partial charge in [0.05, 0.1) is 10.9 Å². The third kappa shape index (κ3) is 3.92. The van der Waals surface area contributed by atoms with Crippen molar-refractivity contribution in [2.24, 2.45) is 5.14 Å². The molecular formula is C12H16ClN3O3S. The average Bonchev–Trinajstić information content (AvgIpc) is 2.82. The van der Waals surface area contributed by atoms with Crippen LogP contribution in [0.1, 0.15) is 12.0 Å². The summed E-state index contributed by atoms with van der Waals surface area (Å²) in [5.74, 6) is -0.108. The van der Waals surface area contributed by atoms with Gasteiger partial charge in [0, 0.05) is 18.5 Å². The van der Waals surface area contributed by atoms with Crippen molar-refractivity contribution in [3.8, 4) is 0 Å². The van der Waals surface area contributed by atoms with Gasteiger partial charge >= 0.3 is 0 Å². The first-order valence-electron chi connectivity index (χ1n) is 6.13. The first kappa shape index (κ1) is 15.2. The summed E-state index contributed by atoms with van der Waals surface area (Å²) >= 11 is 5.92. The highest BCUT2D eigenvalue weighted by atomic mass is 35.5. The van der Waals surface area contributed by atoms with Gasteiger partial charge in [-0.25, -0.2) is 13.6 Å². The van der Waals surface area contributed by atoms with Crippen molar-refractivity contribution in [1.82, 2.24) is 10.6 Å². The maximum absolute atomic E-state index is 11.8. The quantitative estimate of drug-likeness (QED) is 0.676. The molecule has 8 heteroatoms. The summed E-state index contributed by atoms with van der Waals surface area (Å²) < 4.78 is 22.2. The molecule has 0 bridgehead atoms. The molecule has 20 heavy (non-hydrogen) atoms. The Bertz CT molecular complexity index is 588. The topological polar surface area (TPSA) is 101 Å². The van der Waals surface area contributed by atoms with Gasteiger partial charge in [0.25, 0.3) is 0 Å². The Hall–Kier alpha value is -1.15. The van der Waals surface area contributed by atoms with E-state index in [-0.39, 0.29) is 22.2 Å². The number of hydrogen-bond donors (Lipinski definition) is 3. The van der Waals surface area contributed by atoms with E-state index in [4.69, 9.17) is 16.7 Å². The van der Waals surface area contributed by atoms with Crippen LogP contribution in [0, 0.1) is 0 Å². The molecule has 1 fully saturated rings. The lowest BCUT2D eigenvalue weighted by atomic mass is 10.2. The molecule has 0 aromatic heterocycles. The number of alkyl halides is 1. The van der Waals surface area contributed by atoms with Gasteiger partial charge in [-0.05, 0) is 24.1 Å². The summed E-state index contributed by atoms with van der Waals surface area (Å²) in [4.78, 5) is 11.9. The van der Waals surface area contributed by atoms with E-state index in [1.165, 1.54) is 12.1 Å². The summed E-state index contributed by atoms with van der Waals surface area (Å²) in [6.45, 7) is 0.956. The van der Waals surface area contributed by atoms with Crippen LogP contribution >= 0.6 is 11.6 Å². The van der Waals surface area contributed by atoms with Crippen LogP contribution < -0.4 is 15.8 Å². The van der Waals surface area contributed by atoms with Gasteiger partial charge in [-0.2, -0.15) is 0 Å². The number of rotatable bonds is 4. The van der Waals surface area contributed by atoms with E-state index in [0.29, 0.717) is 19.5 Å². The number of carbonyl (C=O) groups excluding carboxylic acids is 1. The fourth-order valence-electron chi connectivity index (χ4n) is 2.00. The zero-order chi connectivity index (χ0) is 14.8. The van der Waals surface area contributed by atoms with E-state index in [1.807, 2.05) is 0 Å². The summed E-state index contributed by atoms with van der Waals surface area (Å²) in [6, 6.07) is 5.80. The van der Waals surface area contributed by atoms with Crippen LogP contribution in [0.5, 0.6) is 0 Å². The molecule has 0 saturated carbocycles. The molecule has 2 atom stereocenters. The zero-order valence-corrected chi connectivity index (χ0v) is 12.2. The first-order valence-corrected chi connectivity index (χ1v) is 8.11. The molecule has 0 spiro atoms. The molecule has 1 aliphatic rings. The molecule has 1 heterocycles. The number of amides is 1. The Morgan fingerprint density at radius 1 is 1.40 bits per heavy atom. The lowest BCUT2D eigenvalue weighted by molar-refractivity contribution is -0.122. The Morgan fingerprint density at radius 2 is 2.05 bits per heavy atom. The van der Waals surface area contributed by atoms with E-state index in [1.54, 1.807) is 12.1 Å². The molecule has 1 aromatic carbocycles. The SMILES string of the molecule is NS(=O)(=O)c1ccc(CNC(=O)C2CC(Cl)CN2)cc1. The fraction of sp³-hybridized carbons (Fsp3) is 0.417. The highest BCUT2D eigenvalue weighted by molar-refractivity contribution is 7.89. The second-order valence-corrected chi connectivity index (χ2v) is 6.88. The third-order valence-corrected chi connectivity index (χ3v) is 4.37. The molecule has 4 N–H and O–H groups in total. The van der Waals surface area contributed by atoms with Crippen molar-refractivity contribution >= 4 is 27.5 Å². The molecule has 1 aliphatic heterocycles. The molecule has 1 aromatic rings. The highest BCUT2D eigenvalue weighted by Gasteiger charge is 2.27. The first-order chi connectivity index (χ1) is 9.36. The van der Waals surface area contributed by atoms with Crippen molar-refractivity contribution in [2.45, 2.75) is 29.3 Å². The van der Waals surface area contributed by atoms with Crippen LogP contribution in [0.2, 0.25) is 0 Å². The summed E-state index contributed by atoms with van der Waals surface area (Å²) in [7, 11) is -3.68. The Labute approximate surface area is 122 Å². The number of halogens is 1. The number of hydrogen-bond acceptors (Lipinski definition) is 4. The molecule has 6 nitrogen and oxygen atoms in total. The predicted molar refractivity (Wildman–Crippen MR) is 75.7 cm³/mol. The van der Waals surface area contributed by atoms with Crippen LogP contribution in [0.15, 0.2) is 29.2 Å². The minimum Gasteiger partial charge on any atom is -0.351 e. The van der Waals surface area contributed by atoms with Crippen LogP contribution in [0.25, 0.3) is 0 Å². The zero-order valence-electron chi connectivity index (χ0n) is 10.7. The second-order valence-electron chi connectivity index (χ2n) is 4.70. The van der Waals surface area contributed by atoms with Gasteiger partial charge in [0.15, 0.2) is 0 Å². The Morgan fingerprint density at radius 3 is 2.55 bits per heavy atom. The maximum atomic E-state index is 11.8. The van der Waals surface area contributed by atoms with Crippen LogP contribution in [0.3, 0.4) is 0 Å². The average molecular weight is 318 g/mol. The second kappa shape index (κ2) is 6.09. The van der Waals surface area contributed by atoms with Gasteiger partial charge in [-0.15, -0.1) is 11.6 Å². The standard InChI is InChI=1S/C12H16ClN3O3S/c13-9-5-11(15-7-9)12(17)16-6-8-1-3-10(4-2-8)20(14,18)19/h1-4,9,11,15H,5-7H2,(H,16,17)(H2,14,18,19). The third-order valence-electron chi connectivity index (χ3n) is 3.11. The largest absolute Gasteiger partial charge is 0.351 e. The van der Waals surface area contributed by atoms with Crippen molar-refractivity contribution < 1.29 is 13.2 Å². The molecule has 110 valence electrons. The van der Waals surface area contributed by atoms with Gasteiger partial charge in [-0.1, -0.05) is 12.1 Å². The summed E-state index contributed by atoms with van der Waals surface area (Å²) in [5, 5.41) is 10.8. The minimum atomic E-state index is -3.68. The van der Waals surface area contributed by atoms with Crippen molar-refractivity contribution in [3.63, 3.8) is 0 Å². The van der Waals surface area contributed by atoms with E-state index in [9.17, 15) is 13.2 Å². The van der Waals surface area contributed by atoms with Crippen LogP contribution in [-0.2, 0) is 21.4 Å². The highest BCUT2D eigenvalue weighted by Crippen LogP contribution is 2.13. The van der Waals surface area contributed by atoms with E-state index in [0.717, 1.165) is 5.56 Å². The molecule has 2 unspecified atom stereocenters. The predicted octanol–water partition coefficient (Wildman–Crippen LogP) is -0.0805.